The van der Waals surface area contributed by atoms with Crippen molar-refractivity contribution in [2.45, 2.75) is 6.42 Å². The van der Waals surface area contributed by atoms with Gasteiger partial charge in [0.15, 0.2) is 0 Å². The third-order valence-corrected chi connectivity index (χ3v) is 1.06. The fourth-order valence-electron chi connectivity index (χ4n) is 0.665. The molecule has 1 amide bonds. The summed E-state index contributed by atoms with van der Waals surface area (Å²) in [6, 6.07) is 0. The van der Waals surface area contributed by atoms with Gasteiger partial charge in [-0.3, -0.25) is 4.79 Å². The molecule has 39 valence electrons. The first-order chi connectivity index (χ1) is 3.29. The molecule has 2 heteroatoms. The van der Waals surface area contributed by atoms with E-state index in [0.717, 1.165) is 6.54 Å². The van der Waals surface area contributed by atoms with Crippen molar-refractivity contribution < 1.29 is 4.79 Å². The first-order valence-corrected chi connectivity index (χ1v) is 2.39. The minimum Gasteiger partial charge on any atom is -0.356 e. The van der Waals surface area contributed by atoms with Crippen LogP contribution < -0.4 is 5.32 Å². The lowest BCUT2D eigenvalue weighted by Crippen LogP contribution is -2.13. The molecule has 1 rings (SSSR count). The van der Waals surface area contributed by atoms with Crippen molar-refractivity contribution in [2.75, 3.05) is 6.54 Å². The van der Waals surface area contributed by atoms with Gasteiger partial charge in [0, 0.05) is 13.0 Å². The third kappa shape index (κ3) is 0.918. The molecule has 1 fully saturated rings. The van der Waals surface area contributed by atoms with Gasteiger partial charge in [-0.25, -0.2) is 0 Å². The standard InChI is InChI=1S/C5H8NO/c1-4-2-5(7)6-3-4/h4H,1-3H2,(H,6,7). The van der Waals surface area contributed by atoms with Crippen LogP contribution in [-0.4, -0.2) is 12.5 Å². The number of nitrogens with one attached hydrogen (secondary N) is 1. The van der Waals surface area contributed by atoms with Gasteiger partial charge in [-0.2, -0.15) is 0 Å². The number of hydrogen-bond donors (Lipinski definition) is 1. The van der Waals surface area contributed by atoms with Crippen LogP contribution in [0.1, 0.15) is 6.42 Å². The Kier molecular flexibility index (Phi) is 1.01. The lowest BCUT2D eigenvalue weighted by atomic mass is 10.2. The van der Waals surface area contributed by atoms with Gasteiger partial charge in [-0.05, 0) is 12.8 Å². The molecule has 0 bridgehead atoms. The van der Waals surface area contributed by atoms with E-state index in [2.05, 4.69) is 12.2 Å². The van der Waals surface area contributed by atoms with Crippen LogP contribution in [0.15, 0.2) is 0 Å². The second kappa shape index (κ2) is 1.52. The van der Waals surface area contributed by atoms with Crippen LogP contribution >= 0.6 is 0 Å². The fraction of sp³-hybridized carbons (Fsp3) is 0.600. The van der Waals surface area contributed by atoms with Crippen LogP contribution in [0, 0.1) is 12.8 Å². The van der Waals surface area contributed by atoms with E-state index >= 15 is 0 Å². The SMILES string of the molecule is [CH2]C1CNC(=O)C1. The van der Waals surface area contributed by atoms with E-state index in [0.29, 0.717) is 12.3 Å². The van der Waals surface area contributed by atoms with Gasteiger partial charge in [-0.15, -0.1) is 0 Å². The molecule has 0 aromatic carbocycles. The summed E-state index contributed by atoms with van der Waals surface area (Å²) in [6.45, 7) is 4.47. The topological polar surface area (TPSA) is 29.1 Å². The molecular weight excluding hydrogens is 90.1 g/mol. The Morgan fingerprint density at radius 2 is 2.57 bits per heavy atom. The van der Waals surface area contributed by atoms with Crippen molar-refractivity contribution in [3.8, 4) is 0 Å². The Morgan fingerprint density at radius 3 is 2.71 bits per heavy atom. The molecule has 1 unspecified atom stereocenters. The van der Waals surface area contributed by atoms with E-state index in [1.807, 2.05) is 0 Å². The Bertz CT molecular complexity index is 90.1. The lowest BCUT2D eigenvalue weighted by Gasteiger charge is -1.88. The molecule has 0 spiro atoms. The largest absolute Gasteiger partial charge is 0.356 e. The van der Waals surface area contributed by atoms with E-state index in [4.69, 9.17) is 0 Å². The summed E-state index contributed by atoms with van der Waals surface area (Å²) in [6.07, 6.45) is 0.611. The molecule has 1 radical (unpaired) electrons. The summed E-state index contributed by atoms with van der Waals surface area (Å²) in [4.78, 5) is 10.3. The summed E-state index contributed by atoms with van der Waals surface area (Å²) >= 11 is 0. The van der Waals surface area contributed by atoms with Crippen LogP contribution in [0.4, 0.5) is 0 Å². The zero-order valence-corrected chi connectivity index (χ0v) is 4.11. The number of carbonyl (C=O) groups excluding carboxylic acids is 1. The fourth-order valence-corrected chi connectivity index (χ4v) is 0.665. The second-order valence-corrected chi connectivity index (χ2v) is 1.87. The van der Waals surface area contributed by atoms with Crippen molar-refractivity contribution in [3.63, 3.8) is 0 Å². The molecular formula is C5H8NO. The molecule has 0 saturated carbocycles. The van der Waals surface area contributed by atoms with Crippen LogP contribution in [-0.2, 0) is 4.79 Å². The minimum absolute atomic E-state index is 0.139. The van der Waals surface area contributed by atoms with E-state index in [-0.39, 0.29) is 5.91 Å². The molecule has 0 aromatic rings. The molecule has 7 heavy (non-hydrogen) atoms. The van der Waals surface area contributed by atoms with Gasteiger partial charge >= 0.3 is 0 Å². The van der Waals surface area contributed by atoms with E-state index in [1.165, 1.54) is 0 Å². The average molecular weight is 98.1 g/mol. The molecule has 1 N–H and O–H groups in total. The monoisotopic (exact) mass is 98.1 g/mol. The molecule has 0 aliphatic carbocycles. The Morgan fingerprint density at radius 1 is 1.86 bits per heavy atom. The quantitative estimate of drug-likeness (QED) is 0.452. The average Bonchev–Trinajstić information content (AvgIpc) is 1.87. The highest BCUT2D eigenvalue weighted by molar-refractivity contribution is 5.78. The van der Waals surface area contributed by atoms with E-state index < -0.39 is 0 Å². The van der Waals surface area contributed by atoms with Gasteiger partial charge in [0.05, 0.1) is 0 Å². The number of rotatable bonds is 0. The second-order valence-electron chi connectivity index (χ2n) is 1.87. The normalized spacial score (nSPS) is 30.4. The first-order valence-electron chi connectivity index (χ1n) is 2.39. The summed E-state index contributed by atoms with van der Waals surface area (Å²) in [5.74, 6) is 0.451. The molecule has 1 aliphatic heterocycles. The van der Waals surface area contributed by atoms with Crippen molar-refractivity contribution in [2.24, 2.45) is 5.92 Å². The molecule has 0 aromatic heterocycles. The summed E-state index contributed by atoms with van der Waals surface area (Å²) in [5, 5.41) is 2.67. The maximum atomic E-state index is 10.3. The van der Waals surface area contributed by atoms with Crippen molar-refractivity contribution in [3.05, 3.63) is 6.92 Å². The van der Waals surface area contributed by atoms with Crippen LogP contribution in [0.5, 0.6) is 0 Å². The van der Waals surface area contributed by atoms with Crippen LogP contribution in [0.25, 0.3) is 0 Å². The van der Waals surface area contributed by atoms with Gasteiger partial charge in [0.2, 0.25) is 5.91 Å². The first kappa shape index (κ1) is 4.62. The Hall–Kier alpha value is -0.530. The van der Waals surface area contributed by atoms with Gasteiger partial charge in [0.25, 0.3) is 0 Å². The highest BCUT2D eigenvalue weighted by Crippen LogP contribution is 2.04. The highest BCUT2D eigenvalue weighted by atomic mass is 16.1. The zero-order chi connectivity index (χ0) is 5.28. The highest BCUT2D eigenvalue weighted by Gasteiger charge is 2.15. The van der Waals surface area contributed by atoms with Crippen molar-refractivity contribution >= 4 is 5.91 Å². The zero-order valence-electron chi connectivity index (χ0n) is 4.11. The summed E-state index contributed by atoms with van der Waals surface area (Å²) in [7, 11) is 0. The predicted octanol–water partition coefficient (Wildman–Crippen LogP) is -0.0434. The van der Waals surface area contributed by atoms with Crippen LogP contribution in [0.2, 0.25) is 0 Å². The molecule has 1 heterocycles. The Labute approximate surface area is 42.9 Å². The smallest absolute Gasteiger partial charge is 0.220 e. The molecule has 2 nitrogen and oxygen atoms in total. The summed E-state index contributed by atoms with van der Waals surface area (Å²) < 4.78 is 0. The number of amides is 1. The predicted molar refractivity (Wildman–Crippen MR) is 26.5 cm³/mol. The van der Waals surface area contributed by atoms with Crippen molar-refractivity contribution in [1.82, 2.24) is 5.32 Å². The maximum absolute atomic E-state index is 10.3. The van der Waals surface area contributed by atoms with Crippen LogP contribution in [0.3, 0.4) is 0 Å². The Balaban J connectivity index is 2.40. The van der Waals surface area contributed by atoms with E-state index in [1.54, 1.807) is 0 Å². The minimum atomic E-state index is 0.139. The van der Waals surface area contributed by atoms with Crippen molar-refractivity contribution in [1.29, 1.82) is 0 Å². The number of hydrogen-bond acceptors (Lipinski definition) is 1. The van der Waals surface area contributed by atoms with Gasteiger partial charge in [-0.1, -0.05) is 0 Å². The van der Waals surface area contributed by atoms with E-state index in [9.17, 15) is 4.79 Å². The molecule has 1 aliphatic rings. The molecule has 1 atom stereocenters. The number of carbonyl (C=O) groups is 1. The van der Waals surface area contributed by atoms with Gasteiger partial charge in [0.1, 0.15) is 0 Å². The third-order valence-electron chi connectivity index (χ3n) is 1.06. The maximum Gasteiger partial charge on any atom is 0.220 e. The summed E-state index contributed by atoms with van der Waals surface area (Å²) in [5.41, 5.74) is 0. The van der Waals surface area contributed by atoms with Gasteiger partial charge < -0.3 is 5.32 Å². The molecule has 1 saturated heterocycles. The lowest BCUT2D eigenvalue weighted by molar-refractivity contribution is -0.119.